The fraction of sp³-hybridized carbons (Fsp3) is 0.667. The summed E-state index contributed by atoms with van der Waals surface area (Å²) in [5.74, 6) is 1.16. The number of carbonyl (C=O) groups excluding carboxylic acids is 1. The Balaban J connectivity index is 0.00000341. The molecule has 2 N–H and O–H groups in total. The number of hydrogen-bond donors (Lipinski definition) is 2. The van der Waals surface area contributed by atoms with Crippen LogP contribution in [0.5, 0.6) is 0 Å². The predicted octanol–water partition coefficient (Wildman–Crippen LogP) is 4.08. The summed E-state index contributed by atoms with van der Waals surface area (Å²) in [5.41, 5.74) is 2.70. The van der Waals surface area contributed by atoms with E-state index < -0.39 is 0 Å². The molecule has 31 heavy (non-hydrogen) atoms. The number of nitrogens with one attached hydrogen (secondary N) is 2. The first-order valence-corrected chi connectivity index (χ1v) is 11.5. The number of rotatable bonds is 10. The molecule has 1 heterocycles. The van der Waals surface area contributed by atoms with Crippen LogP contribution >= 0.6 is 24.0 Å². The minimum Gasteiger partial charge on any atom is -0.385 e. The molecule has 3 rings (SSSR count). The first-order chi connectivity index (χ1) is 14.6. The van der Waals surface area contributed by atoms with Crippen LogP contribution in [-0.4, -0.2) is 50.1 Å². The number of carbonyl (C=O) groups is 1. The van der Waals surface area contributed by atoms with E-state index in [1.807, 2.05) is 4.90 Å². The average molecular weight is 543 g/mol. The van der Waals surface area contributed by atoms with Crippen molar-refractivity contribution in [3.8, 4) is 0 Å². The van der Waals surface area contributed by atoms with E-state index in [1.54, 1.807) is 7.11 Å². The minimum atomic E-state index is 0. The quantitative estimate of drug-likeness (QED) is 0.266. The van der Waals surface area contributed by atoms with E-state index in [0.29, 0.717) is 18.4 Å². The maximum Gasteiger partial charge on any atom is 0.222 e. The topological polar surface area (TPSA) is 66.0 Å². The molecule has 0 unspecified atom stereocenters. The molecule has 7 heteroatoms. The van der Waals surface area contributed by atoms with E-state index in [4.69, 9.17) is 9.73 Å². The van der Waals surface area contributed by atoms with Crippen molar-refractivity contribution in [2.75, 3.05) is 33.4 Å². The van der Waals surface area contributed by atoms with Gasteiger partial charge in [0.15, 0.2) is 5.96 Å². The van der Waals surface area contributed by atoms with Crippen molar-refractivity contribution in [1.82, 2.24) is 15.5 Å². The Bertz CT molecular complexity index is 702. The summed E-state index contributed by atoms with van der Waals surface area (Å²) in [4.78, 5) is 18.6. The van der Waals surface area contributed by atoms with Gasteiger partial charge in [-0.25, -0.2) is 4.99 Å². The lowest BCUT2D eigenvalue weighted by Crippen LogP contribution is -2.43. The van der Waals surface area contributed by atoms with Gasteiger partial charge < -0.3 is 20.3 Å². The molecule has 174 valence electrons. The number of aliphatic imine (C=N–C) groups is 1. The van der Waals surface area contributed by atoms with Crippen molar-refractivity contribution < 1.29 is 9.53 Å². The van der Waals surface area contributed by atoms with Gasteiger partial charge >= 0.3 is 0 Å². The molecule has 0 radical (unpaired) electrons. The van der Waals surface area contributed by atoms with E-state index in [2.05, 4.69) is 41.8 Å². The molecule has 2 aliphatic rings. The molecule has 1 aromatic rings. The highest BCUT2D eigenvalue weighted by Gasteiger charge is 2.33. The van der Waals surface area contributed by atoms with Gasteiger partial charge in [-0.15, -0.1) is 24.0 Å². The highest BCUT2D eigenvalue weighted by molar-refractivity contribution is 14.0. The van der Waals surface area contributed by atoms with Crippen molar-refractivity contribution in [3.05, 3.63) is 35.4 Å². The van der Waals surface area contributed by atoms with Crippen LogP contribution in [0.25, 0.3) is 0 Å². The Kier molecular flexibility index (Phi) is 11.1. The number of guanidine groups is 1. The second kappa shape index (κ2) is 13.3. The van der Waals surface area contributed by atoms with Crippen molar-refractivity contribution in [2.24, 2.45) is 10.4 Å². The molecule has 2 fully saturated rings. The highest BCUT2D eigenvalue weighted by Crippen LogP contribution is 2.40. The number of methoxy groups -OCH3 is 1. The number of hydrogen-bond acceptors (Lipinski definition) is 3. The molecule has 6 nitrogen and oxygen atoms in total. The second-order valence-corrected chi connectivity index (χ2v) is 8.73. The summed E-state index contributed by atoms with van der Waals surface area (Å²) in [6.45, 7) is 6.96. The zero-order chi connectivity index (χ0) is 21.2. The summed E-state index contributed by atoms with van der Waals surface area (Å²) >= 11 is 0. The van der Waals surface area contributed by atoms with Gasteiger partial charge in [-0.2, -0.15) is 0 Å². The van der Waals surface area contributed by atoms with Gasteiger partial charge in [-0.1, -0.05) is 37.1 Å². The van der Waals surface area contributed by atoms with Gasteiger partial charge in [0, 0.05) is 46.3 Å². The largest absolute Gasteiger partial charge is 0.385 e. The van der Waals surface area contributed by atoms with Gasteiger partial charge in [-0.05, 0) is 49.1 Å². The molecule has 0 aromatic heterocycles. The Morgan fingerprint density at radius 3 is 2.45 bits per heavy atom. The lowest BCUT2D eigenvalue weighted by atomic mass is 9.83. The molecule has 1 aliphatic carbocycles. The summed E-state index contributed by atoms with van der Waals surface area (Å²) < 4.78 is 5.35. The third-order valence-electron chi connectivity index (χ3n) is 6.46. The zero-order valence-electron chi connectivity index (χ0n) is 19.1. The maximum atomic E-state index is 11.8. The standard InChI is InChI=1S/C24H38N4O2.HI/c1-3-25-23(27-19-24(14-16-30-2)12-4-5-13-24)26-17-20-8-10-21(11-9-20)18-28-15-6-7-22(28)29;/h8-11H,3-7,12-19H2,1-2H3,(H2,25,26,27);1H. The Morgan fingerprint density at radius 1 is 1.13 bits per heavy atom. The Labute approximate surface area is 204 Å². The van der Waals surface area contributed by atoms with Crippen molar-refractivity contribution in [1.29, 1.82) is 0 Å². The summed E-state index contributed by atoms with van der Waals surface area (Å²) in [6, 6.07) is 8.49. The number of amides is 1. The van der Waals surface area contributed by atoms with Crippen molar-refractivity contribution in [2.45, 2.75) is 65.0 Å². The van der Waals surface area contributed by atoms with E-state index in [1.165, 1.54) is 36.8 Å². The van der Waals surface area contributed by atoms with Gasteiger partial charge in [-0.3, -0.25) is 4.79 Å². The van der Waals surface area contributed by atoms with E-state index >= 15 is 0 Å². The zero-order valence-corrected chi connectivity index (χ0v) is 21.5. The lowest BCUT2D eigenvalue weighted by Gasteiger charge is -2.30. The molecule has 1 aromatic carbocycles. The van der Waals surface area contributed by atoms with E-state index in [9.17, 15) is 4.79 Å². The van der Waals surface area contributed by atoms with Crippen LogP contribution in [0, 0.1) is 5.41 Å². The normalized spacial score (nSPS) is 18.2. The summed E-state index contributed by atoms with van der Waals surface area (Å²) in [5, 5.41) is 6.96. The van der Waals surface area contributed by atoms with Crippen LogP contribution in [-0.2, 0) is 22.6 Å². The molecule has 1 amide bonds. The fourth-order valence-corrected chi connectivity index (χ4v) is 4.58. The van der Waals surface area contributed by atoms with E-state index in [0.717, 1.165) is 51.6 Å². The SMILES string of the molecule is CCNC(=NCc1ccc(CN2CCCC2=O)cc1)NCC1(CCOC)CCCC1.I. The maximum absolute atomic E-state index is 11.8. The molecule has 1 aliphatic heterocycles. The third-order valence-corrected chi connectivity index (χ3v) is 6.46. The van der Waals surface area contributed by atoms with E-state index in [-0.39, 0.29) is 29.9 Å². The van der Waals surface area contributed by atoms with Crippen LogP contribution in [0.15, 0.2) is 29.3 Å². The molecule has 1 saturated carbocycles. The molecular weight excluding hydrogens is 503 g/mol. The molecule has 0 atom stereocenters. The van der Waals surface area contributed by atoms with Crippen LogP contribution < -0.4 is 10.6 Å². The molecular formula is C24H39IN4O2. The van der Waals surface area contributed by atoms with Crippen LogP contribution in [0.2, 0.25) is 0 Å². The third kappa shape index (κ3) is 7.93. The molecule has 0 spiro atoms. The van der Waals surface area contributed by atoms with Crippen molar-refractivity contribution >= 4 is 35.8 Å². The molecule has 1 saturated heterocycles. The fourth-order valence-electron chi connectivity index (χ4n) is 4.58. The number of nitrogens with zero attached hydrogens (tertiary/aromatic N) is 2. The highest BCUT2D eigenvalue weighted by atomic mass is 127. The number of benzene rings is 1. The second-order valence-electron chi connectivity index (χ2n) is 8.73. The summed E-state index contributed by atoms with van der Waals surface area (Å²) in [7, 11) is 1.79. The first kappa shape index (κ1) is 25.9. The molecule has 0 bridgehead atoms. The van der Waals surface area contributed by atoms with Crippen LogP contribution in [0.3, 0.4) is 0 Å². The van der Waals surface area contributed by atoms with Crippen molar-refractivity contribution in [3.63, 3.8) is 0 Å². The lowest BCUT2D eigenvalue weighted by molar-refractivity contribution is -0.128. The average Bonchev–Trinajstić information content (AvgIpc) is 3.39. The van der Waals surface area contributed by atoms with Gasteiger partial charge in [0.2, 0.25) is 5.91 Å². The number of ether oxygens (including phenoxy) is 1. The van der Waals surface area contributed by atoms with Crippen LogP contribution in [0.4, 0.5) is 0 Å². The minimum absolute atomic E-state index is 0. The first-order valence-electron chi connectivity index (χ1n) is 11.5. The van der Waals surface area contributed by atoms with Gasteiger partial charge in [0.25, 0.3) is 0 Å². The predicted molar refractivity (Wildman–Crippen MR) is 137 cm³/mol. The van der Waals surface area contributed by atoms with Crippen LogP contribution in [0.1, 0.15) is 63.0 Å². The number of likely N-dealkylation sites (tertiary alicyclic amines) is 1. The Morgan fingerprint density at radius 2 is 1.84 bits per heavy atom. The summed E-state index contributed by atoms with van der Waals surface area (Å²) in [6.07, 6.45) is 7.95. The Hall–Kier alpha value is -1.35. The monoisotopic (exact) mass is 542 g/mol. The smallest absolute Gasteiger partial charge is 0.222 e. The number of halogens is 1. The van der Waals surface area contributed by atoms with Gasteiger partial charge in [0.05, 0.1) is 6.54 Å². The van der Waals surface area contributed by atoms with Gasteiger partial charge in [0.1, 0.15) is 0 Å².